The van der Waals surface area contributed by atoms with Gasteiger partial charge in [-0.05, 0) is 20.8 Å². The molecule has 25 heavy (non-hydrogen) atoms. The maximum absolute atomic E-state index is 12.2. The molecule has 10 heteroatoms. The molecular weight excluding hydrogens is 346 g/mol. The van der Waals surface area contributed by atoms with E-state index in [-0.39, 0.29) is 29.2 Å². The molecule has 0 spiro atoms. The van der Waals surface area contributed by atoms with E-state index in [9.17, 15) is 14.4 Å². The highest BCUT2D eigenvalue weighted by atomic mass is 32.2. The molecule has 136 valence electrons. The Morgan fingerprint density at radius 2 is 1.96 bits per heavy atom. The van der Waals surface area contributed by atoms with Crippen molar-refractivity contribution in [3.63, 3.8) is 0 Å². The lowest BCUT2D eigenvalue weighted by Gasteiger charge is -2.17. The average molecular weight is 367 g/mol. The zero-order valence-electron chi connectivity index (χ0n) is 14.7. The van der Waals surface area contributed by atoms with Crippen LogP contribution in [-0.4, -0.2) is 49.4 Å². The first-order chi connectivity index (χ1) is 11.9. The molecule has 0 unspecified atom stereocenters. The number of aromatic nitrogens is 4. The summed E-state index contributed by atoms with van der Waals surface area (Å²) in [6, 6.07) is 0. The quantitative estimate of drug-likeness (QED) is 0.701. The van der Waals surface area contributed by atoms with Gasteiger partial charge in [0.25, 0.3) is 10.8 Å². The molecule has 9 nitrogen and oxygen atoms in total. The number of rotatable bonds is 7. The van der Waals surface area contributed by atoms with Gasteiger partial charge in [0.05, 0.1) is 12.2 Å². The van der Waals surface area contributed by atoms with Gasteiger partial charge in [0.2, 0.25) is 11.8 Å². The first-order valence-corrected chi connectivity index (χ1v) is 8.87. The zero-order chi connectivity index (χ0) is 18.6. The molecule has 1 N–H and O–H groups in total. The molecule has 2 heterocycles. The van der Waals surface area contributed by atoms with E-state index < -0.39 is 11.2 Å². The molecule has 0 aromatic carbocycles. The zero-order valence-corrected chi connectivity index (χ0v) is 15.5. The van der Waals surface area contributed by atoms with Crippen molar-refractivity contribution in [3.05, 3.63) is 38.0 Å². The third-order valence-electron chi connectivity index (χ3n) is 3.83. The number of carbonyl (C=O) groups is 1. The van der Waals surface area contributed by atoms with E-state index in [4.69, 9.17) is 4.42 Å². The monoisotopic (exact) mass is 367 g/mol. The Morgan fingerprint density at radius 3 is 2.60 bits per heavy atom. The van der Waals surface area contributed by atoms with E-state index >= 15 is 0 Å². The van der Waals surface area contributed by atoms with Gasteiger partial charge >= 0.3 is 5.69 Å². The van der Waals surface area contributed by atoms with Crippen LogP contribution in [0.3, 0.4) is 0 Å². The first kappa shape index (κ1) is 19.0. The van der Waals surface area contributed by atoms with E-state index in [2.05, 4.69) is 15.2 Å². The summed E-state index contributed by atoms with van der Waals surface area (Å²) in [6.45, 7) is 6.79. The van der Waals surface area contributed by atoms with E-state index in [1.54, 1.807) is 11.8 Å². The molecule has 0 aliphatic carbocycles. The first-order valence-electron chi connectivity index (χ1n) is 7.89. The lowest BCUT2D eigenvalue weighted by Crippen LogP contribution is -2.36. The van der Waals surface area contributed by atoms with Crippen molar-refractivity contribution >= 4 is 17.7 Å². The van der Waals surface area contributed by atoms with Crippen LogP contribution in [0.15, 0.2) is 19.2 Å². The van der Waals surface area contributed by atoms with E-state index in [1.165, 1.54) is 7.05 Å². The number of thioether (sulfide) groups is 1. The van der Waals surface area contributed by atoms with Crippen LogP contribution in [0.1, 0.15) is 31.0 Å². The SMILES string of the molecule is CCN(CC)C(=O)CSc1nnc(Cc2c(C)[nH]c(=O)n(C)c2=O)o1. The number of nitrogens with one attached hydrogen (secondary N) is 1. The molecule has 0 aliphatic heterocycles. The second kappa shape index (κ2) is 8.15. The van der Waals surface area contributed by atoms with Crippen molar-refractivity contribution < 1.29 is 9.21 Å². The number of aromatic amines is 1. The third-order valence-corrected chi connectivity index (χ3v) is 4.63. The lowest BCUT2D eigenvalue weighted by molar-refractivity contribution is -0.127. The van der Waals surface area contributed by atoms with Gasteiger partial charge in [0.1, 0.15) is 0 Å². The van der Waals surface area contributed by atoms with Gasteiger partial charge in [-0.1, -0.05) is 11.8 Å². The van der Waals surface area contributed by atoms with Gasteiger partial charge < -0.3 is 14.3 Å². The highest BCUT2D eigenvalue weighted by Gasteiger charge is 2.16. The summed E-state index contributed by atoms with van der Waals surface area (Å²) in [7, 11) is 1.40. The summed E-state index contributed by atoms with van der Waals surface area (Å²) in [4.78, 5) is 40.0. The van der Waals surface area contributed by atoms with Crippen LogP contribution in [0.25, 0.3) is 0 Å². The normalized spacial score (nSPS) is 10.9. The highest BCUT2D eigenvalue weighted by Crippen LogP contribution is 2.18. The Bertz CT molecular complexity index is 866. The van der Waals surface area contributed by atoms with Crippen molar-refractivity contribution in [1.82, 2.24) is 24.6 Å². The van der Waals surface area contributed by atoms with Crippen molar-refractivity contribution in [2.45, 2.75) is 32.4 Å². The molecule has 0 radical (unpaired) electrons. The molecule has 0 aliphatic rings. The van der Waals surface area contributed by atoms with E-state index in [0.29, 0.717) is 24.3 Å². The van der Waals surface area contributed by atoms with Gasteiger partial charge in [0.15, 0.2) is 0 Å². The fraction of sp³-hybridized carbons (Fsp3) is 0.533. The van der Waals surface area contributed by atoms with Crippen molar-refractivity contribution in [3.8, 4) is 0 Å². The number of carbonyl (C=O) groups excluding carboxylic acids is 1. The number of H-pyrrole nitrogens is 1. The van der Waals surface area contributed by atoms with Crippen LogP contribution < -0.4 is 11.2 Å². The molecule has 0 atom stereocenters. The summed E-state index contributed by atoms with van der Waals surface area (Å²) in [5, 5.41) is 8.07. The lowest BCUT2D eigenvalue weighted by atomic mass is 10.2. The molecule has 0 saturated carbocycles. The maximum Gasteiger partial charge on any atom is 0.328 e. The third kappa shape index (κ3) is 4.38. The van der Waals surface area contributed by atoms with Crippen LogP contribution >= 0.6 is 11.8 Å². The summed E-state index contributed by atoms with van der Waals surface area (Å²) in [5.41, 5.74) is -0.00738. The summed E-state index contributed by atoms with van der Waals surface area (Å²) < 4.78 is 6.49. The average Bonchev–Trinajstić information content (AvgIpc) is 3.03. The Balaban J connectivity index is 2.08. The number of amides is 1. The standard InChI is InChI=1S/C15H21N5O4S/c1-5-20(6-2)12(21)8-25-15-18-17-11(24-15)7-10-9(3)16-14(23)19(4)13(10)22/h5-8H2,1-4H3,(H,16,23). The van der Waals surface area contributed by atoms with Crippen LogP contribution in [0, 0.1) is 6.92 Å². The molecule has 2 aromatic heterocycles. The van der Waals surface area contributed by atoms with Crippen LogP contribution in [0.5, 0.6) is 0 Å². The van der Waals surface area contributed by atoms with Gasteiger partial charge in [-0.3, -0.25) is 14.2 Å². The van der Waals surface area contributed by atoms with E-state index in [1.807, 2.05) is 13.8 Å². The summed E-state index contributed by atoms with van der Waals surface area (Å²) in [5.74, 6) is 0.466. The minimum Gasteiger partial charge on any atom is -0.416 e. The number of hydrogen-bond acceptors (Lipinski definition) is 7. The fourth-order valence-electron chi connectivity index (χ4n) is 2.29. The Kier molecular flexibility index (Phi) is 6.18. The highest BCUT2D eigenvalue weighted by molar-refractivity contribution is 7.99. The molecule has 0 fully saturated rings. The van der Waals surface area contributed by atoms with Crippen LogP contribution in [0.2, 0.25) is 0 Å². The molecule has 2 aromatic rings. The largest absolute Gasteiger partial charge is 0.416 e. The van der Waals surface area contributed by atoms with Crippen molar-refractivity contribution in [2.24, 2.45) is 7.05 Å². The smallest absolute Gasteiger partial charge is 0.328 e. The summed E-state index contributed by atoms with van der Waals surface area (Å²) in [6.07, 6.45) is 0.118. The molecular formula is C15H21N5O4S. The van der Waals surface area contributed by atoms with Gasteiger partial charge in [-0.15, -0.1) is 10.2 Å². The van der Waals surface area contributed by atoms with Crippen LogP contribution in [0.4, 0.5) is 0 Å². The molecule has 2 rings (SSSR count). The Morgan fingerprint density at radius 1 is 1.28 bits per heavy atom. The van der Waals surface area contributed by atoms with Crippen molar-refractivity contribution in [2.75, 3.05) is 18.8 Å². The maximum atomic E-state index is 12.2. The van der Waals surface area contributed by atoms with E-state index in [0.717, 1.165) is 16.3 Å². The second-order valence-electron chi connectivity index (χ2n) is 5.39. The van der Waals surface area contributed by atoms with Gasteiger partial charge in [-0.2, -0.15) is 0 Å². The Hall–Kier alpha value is -2.36. The van der Waals surface area contributed by atoms with Crippen molar-refractivity contribution in [1.29, 1.82) is 0 Å². The second-order valence-corrected chi connectivity index (χ2v) is 6.32. The summed E-state index contributed by atoms with van der Waals surface area (Å²) >= 11 is 1.16. The number of nitrogens with zero attached hydrogens (tertiary/aromatic N) is 4. The number of aryl methyl sites for hydroxylation is 1. The predicted molar refractivity (Wildman–Crippen MR) is 92.8 cm³/mol. The van der Waals surface area contributed by atoms with Gasteiger partial charge in [0, 0.05) is 31.4 Å². The molecule has 0 bridgehead atoms. The minimum atomic E-state index is -0.470. The predicted octanol–water partition coefficient (Wildman–Crippen LogP) is 0.316. The number of hydrogen-bond donors (Lipinski definition) is 1. The molecule has 0 saturated heterocycles. The molecule has 1 amide bonds. The Labute approximate surface area is 148 Å². The fourth-order valence-corrected chi connectivity index (χ4v) is 2.98. The van der Waals surface area contributed by atoms with Crippen LogP contribution in [-0.2, 0) is 18.3 Å². The topological polar surface area (TPSA) is 114 Å². The minimum absolute atomic E-state index is 0.0000910. The van der Waals surface area contributed by atoms with Gasteiger partial charge in [-0.25, -0.2) is 4.79 Å².